The lowest BCUT2D eigenvalue weighted by atomic mass is 10.2. The van der Waals surface area contributed by atoms with E-state index in [0.717, 1.165) is 0 Å². The number of hydrogen-bond donors (Lipinski definition) is 0. The van der Waals surface area contributed by atoms with Crippen LogP contribution in [0.25, 0.3) is 17.1 Å². The van der Waals surface area contributed by atoms with Gasteiger partial charge in [0, 0.05) is 31.7 Å². The normalized spacial score (nSPS) is 15.4. The zero-order valence-electron chi connectivity index (χ0n) is 18.4. The molecule has 0 aliphatic carbocycles. The number of rotatable bonds is 5. The summed E-state index contributed by atoms with van der Waals surface area (Å²) in [6.45, 7) is 4.77. The van der Waals surface area contributed by atoms with Crippen molar-refractivity contribution in [2.45, 2.75) is 13.0 Å². The van der Waals surface area contributed by atoms with Crippen LogP contribution in [-0.2, 0) is 0 Å². The van der Waals surface area contributed by atoms with Crippen molar-refractivity contribution < 1.29 is 8.81 Å². The lowest BCUT2D eigenvalue weighted by molar-refractivity contribution is 0.173. The molecule has 34 heavy (non-hydrogen) atoms. The molecule has 0 N–H and O–H groups in total. The molecule has 0 spiro atoms. The molecule has 1 atom stereocenters. The maximum Gasteiger partial charge on any atom is 0.292 e. The van der Waals surface area contributed by atoms with Gasteiger partial charge in [-0.1, -0.05) is 29.8 Å². The van der Waals surface area contributed by atoms with Gasteiger partial charge >= 0.3 is 0 Å². The molecule has 3 heterocycles. The third kappa shape index (κ3) is 4.32. The van der Waals surface area contributed by atoms with Gasteiger partial charge in [0.1, 0.15) is 10.8 Å². The van der Waals surface area contributed by atoms with Crippen molar-refractivity contribution in [3.8, 4) is 17.1 Å². The Morgan fingerprint density at radius 2 is 1.71 bits per heavy atom. The van der Waals surface area contributed by atoms with E-state index >= 15 is 0 Å². The highest BCUT2D eigenvalue weighted by Gasteiger charge is 2.27. The second-order valence-electron chi connectivity index (χ2n) is 8.05. The number of nitrogens with zero attached hydrogens (tertiary/aromatic N) is 6. The van der Waals surface area contributed by atoms with E-state index < -0.39 is 0 Å². The van der Waals surface area contributed by atoms with E-state index in [9.17, 15) is 9.18 Å². The molecule has 0 amide bonds. The van der Waals surface area contributed by atoms with E-state index in [1.54, 1.807) is 18.3 Å². The van der Waals surface area contributed by atoms with Gasteiger partial charge in [0.15, 0.2) is 0 Å². The highest BCUT2D eigenvalue weighted by Crippen LogP contribution is 2.27. The summed E-state index contributed by atoms with van der Waals surface area (Å²) >= 11 is 6.46. The van der Waals surface area contributed by atoms with Crippen molar-refractivity contribution in [1.29, 1.82) is 0 Å². The fourth-order valence-corrected chi connectivity index (χ4v) is 4.26. The molecule has 0 bridgehead atoms. The van der Waals surface area contributed by atoms with Crippen molar-refractivity contribution in [3.05, 3.63) is 87.9 Å². The first-order chi connectivity index (χ1) is 16.5. The van der Waals surface area contributed by atoms with Crippen molar-refractivity contribution in [2.24, 2.45) is 0 Å². The SMILES string of the molecule is C[C@H](c1nnc(-c2ccc(F)cc2)o1)N1CCN(c2cnn(-c3ccccc3)c(=O)c2Cl)CC1. The number of hydrogen-bond acceptors (Lipinski definition) is 7. The number of halogens is 2. The molecule has 0 unspecified atom stereocenters. The molecule has 0 saturated carbocycles. The second-order valence-corrected chi connectivity index (χ2v) is 8.43. The maximum absolute atomic E-state index is 13.2. The summed E-state index contributed by atoms with van der Waals surface area (Å²) in [5, 5.41) is 12.8. The van der Waals surface area contributed by atoms with Gasteiger partial charge in [-0.2, -0.15) is 9.78 Å². The summed E-state index contributed by atoms with van der Waals surface area (Å²) < 4.78 is 20.3. The third-order valence-electron chi connectivity index (χ3n) is 5.99. The zero-order valence-corrected chi connectivity index (χ0v) is 19.2. The van der Waals surface area contributed by atoms with E-state index in [0.29, 0.717) is 54.9 Å². The Bertz CT molecular complexity index is 1330. The Kier molecular flexibility index (Phi) is 6.12. The van der Waals surface area contributed by atoms with E-state index in [2.05, 4.69) is 25.1 Å². The van der Waals surface area contributed by atoms with Crippen LogP contribution in [-0.4, -0.2) is 51.1 Å². The lowest BCUT2D eigenvalue weighted by Crippen LogP contribution is -2.47. The summed E-state index contributed by atoms with van der Waals surface area (Å²) in [5.41, 5.74) is 1.62. The molecule has 174 valence electrons. The average molecular weight is 481 g/mol. The summed E-state index contributed by atoms with van der Waals surface area (Å²) in [7, 11) is 0. The van der Waals surface area contributed by atoms with Gasteiger partial charge in [-0.25, -0.2) is 4.39 Å². The van der Waals surface area contributed by atoms with E-state index in [4.69, 9.17) is 16.0 Å². The molecule has 1 aliphatic rings. The fourth-order valence-electron chi connectivity index (χ4n) is 4.02. The van der Waals surface area contributed by atoms with E-state index in [-0.39, 0.29) is 22.4 Å². The summed E-state index contributed by atoms with van der Waals surface area (Å²) in [4.78, 5) is 17.1. The maximum atomic E-state index is 13.2. The molecule has 0 radical (unpaired) electrons. The van der Waals surface area contributed by atoms with Crippen LogP contribution in [0, 0.1) is 5.82 Å². The molecular formula is C24H22ClFN6O2. The quantitative estimate of drug-likeness (QED) is 0.427. The first-order valence-electron chi connectivity index (χ1n) is 10.9. The van der Waals surface area contributed by atoms with Gasteiger partial charge < -0.3 is 9.32 Å². The molecule has 8 nitrogen and oxygen atoms in total. The molecule has 1 saturated heterocycles. The number of para-hydroxylation sites is 1. The van der Waals surface area contributed by atoms with Gasteiger partial charge in [0.05, 0.1) is 23.6 Å². The third-order valence-corrected chi connectivity index (χ3v) is 6.35. The van der Waals surface area contributed by atoms with Crippen LogP contribution in [0.4, 0.5) is 10.1 Å². The number of aromatic nitrogens is 4. The van der Waals surface area contributed by atoms with E-state index in [1.165, 1.54) is 16.8 Å². The van der Waals surface area contributed by atoms with Gasteiger partial charge in [0.2, 0.25) is 11.8 Å². The minimum absolute atomic E-state index is 0.0940. The van der Waals surface area contributed by atoms with Crippen LogP contribution < -0.4 is 10.5 Å². The molecule has 4 aromatic rings. The van der Waals surface area contributed by atoms with Crippen LogP contribution in [0.3, 0.4) is 0 Å². The smallest absolute Gasteiger partial charge is 0.292 e. The number of piperazine rings is 1. The Hall–Kier alpha value is -3.56. The zero-order chi connectivity index (χ0) is 23.7. The molecule has 1 aliphatic heterocycles. The van der Waals surface area contributed by atoms with Gasteiger partial charge in [-0.05, 0) is 43.3 Å². The van der Waals surface area contributed by atoms with Crippen LogP contribution >= 0.6 is 11.6 Å². The van der Waals surface area contributed by atoms with Crippen molar-refractivity contribution in [1.82, 2.24) is 24.9 Å². The Morgan fingerprint density at radius 3 is 2.41 bits per heavy atom. The average Bonchev–Trinajstić information content (AvgIpc) is 3.37. The van der Waals surface area contributed by atoms with Crippen molar-refractivity contribution in [3.63, 3.8) is 0 Å². The Labute approximate surface area is 200 Å². The van der Waals surface area contributed by atoms with Crippen LogP contribution in [0.5, 0.6) is 0 Å². The highest BCUT2D eigenvalue weighted by molar-refractivity contribution is 6.33. The minimum atomic E-state index is -0.347. The molecule has 1 fully saturated rings. The standard InChI is InChI=1S/C24H22ClFN6O2/c1-16(22-28-29-23(34-22)17-7-9-18(26)10-8-17)30-11-13-31(14-12-30)20-15-27-32(24(33)21(20)25)19-5-3-2-4-6-19/h2-10,15-16H,11-14H2,1H3/t16-/m1/s1. The van der Waals surface area contributed by atoms with Crippen molar-refractivity contribution >= 4 is 17.3 Å². The first-order valence-corrected chi connectivity index (χ1v) is 11.3. The van der Waals surface area contributed by atoms with Crippen LogP contribution in [0.15, 0.2) is 70.0 Å². The predicted octanol–water partition coefficient (Wildman–Crippen LogP) is 3.96. The summed E-state index contributed by atoms with van der Waals surface area (Å²) in [5.74, 6) is 0.540. The number of anilines is 1. The van der Waals surface area contributed by atoms with Gasteiger partial charge in [0.25, 0.3) is 5.56 Å². The van der Waals surface area contributed by atoms with Gasteiger partial charge in [-0.15, -0.1) is 10.2 Å². The fraction of sp³-hybridized carbons (Fsp3) is 0.250. The number of benzene rings is 2. The van der Waals surface area contributed by atoms with Gasteiger partial charge in [-0.3, -0.25) is 9.69 Å². The first kappa shape index (κ1) is 22.2. The molecular weight excluding hydrogens is 459 g/mol. The van der Waals surface area contributed by atoms with Crippen LogP contribution in [0.2, 0.25) is 5.02 Å². The molecule has 2 aromatic heterocycles. The van der Waals surface area contributed by atoms with Crippen LogP contribution in [0.1, 0.15) is 18.9 Å². The summed E-state index contributed by atoms with van der Waals surface area (Å²) in [6, 6.07) is 15.0. The lowest BCUT2D eigenvalue weighted by Gasteiger charge is -2.38. The predicted molar refractivity (Wildman–Crippen MR) is 127 cm³/mol. The summed E-state index contributed by atoms with van der Waals surface area (Å²) in [6.07, 6.45) is 1.64. The topological polar surface area (TPSA) is 80.3 Å². The van der Waals surface area contributed by atoms with Crippen molar-refractivity contribution in [2.75, 3.05) is 31.1 Å². The Morgan fingerprint density at radius 1 is 1.00 bits per heavy atom. The second kappa shape index (κ2) is 9.36. The molecule has 5 rings (SSSR count). The Balaban J connectivity index is 1.26. The minimum Gasteiger partial charge on any atom is -0.419 e. The largest absolute Gasteiger partial charge is 0.419 e. The molecule has 10 heteroatoms. The van der Waals surface area contributed by atoms with E-state index in [1.807, 2.05) is 37.3 Å². The highest BCUT2D eigenvalue weighted by atomic mass is 35.5. The molecule has 2 aromatic carbocycles. The monoisotopic (exact) mass is 480 g/mol.